The van der Waals surface area contributed by atoms with Gasteiger partial charge in [-0.25, -0.2) is 14.0 Å². The highest BCUT2D eigenvalue weighted by Crippen LogP contribution is 2.44. The molecule has 2 aromatic carbocycles. The molecule has 0 N–H and O–H groups in total. The first-order chi connectivity index (χ1) is 16.0. The topological polar surface area (TPSA) is 65.1 Å². The van der Waals surface area contributed by atoms with Gasteiger partial charge in [-0.1, -0.05) is 37.6 Å². The molecule has 0 saturated carbocycles. The third-order valence-corrected chi connectivity index (χ3v) is 5.37. The van der Waals surface area contributed by atoms with E-state index in [0.717, 1.165) is 6.42 Å². The Hall–Kier alpha value is -2.87. The van der Waals surface area contributed by atoms with Crippen LogP contribution < -0.4 is 14.4 Å². The summed E-state index contributed by atoms with van der Waals surface area (Å²) in [4.78, 5) is 27.5. The molecule has 34 heavy (non-hydrogen) atoms. The number of benzene rings is 2. The predicted octanol–water partition coefficient (Wildman–Crippen LogP) is 7.22. The molecule has 0 unspecified atom stereocenters. The van der Waals surface area contributed by atoms with E-state index in [1.165, 1.54) is 17.9 Å². The number of rotatable bonds is 9. The first-order valence-corrected chi connectivity index (χ1v) is 11.8. The van der Waals surface area contributed by atoms with Gasteiger partial charge in [0.25, 0.3) is 0 Å². The number of hydrogen-bond acceptors (Lipinski definition) is 5. The normalized spacial score (nSPS) is 11.0. The lowest BCUT2D eigenvalue weighted by molar-refractivity contribution is 0.0581. The van der Waals surface area contributed by atoms with Crippen LogP contribution in [0.3, 0.4) is 0 Å². The molecule has 0 radical (unpaired) electrons. The van der Waals surface area contributed by atoms with Gasteiger partial charge in [0.1, 0.15) is 28.4 Å². The van der Waals surface area contributed by atoms with E-state index in [9.17, 15) is 9.59 Å². The smallest absolute Gasteiger partial charge is 0.415 e. The molecule has 1 amide bonds. The lowest BCUT2D eigenvalue weighted by Crippen LogP contribution is -2.38. The van der Waals surface area contributed by atoms with Gasteiger partial charge in [0.15, 0.2) is 5.75 Å². The Balaban J connectivity index is 2.72. The highest BCUT2D eigenvalue weighted by atomic mass is 79.9. The molecule has 2 aromatic rings. The molecule has 0 spiro atoms. The molecule has 184 valence electrons. The van der Waals surface area contributed by atoms with Crippen molar-refractivity contribution in [1.29, 1.82) is 0 Å². The number of esters is 1. The highest BCUT2D eigenvalue weighted by molar-refractivity contribution is 9.10. The summed E-state index contributed by atoms with van der Waals surface area (Å²) in [5.41, 5.74) is -0.836. The number of halogens is 2. The summed E-state index contributed by atoms with van der Waals surface area (Å²) in [5, 5.41) is 0. The molecule has 0 atom stereocenters. The third-order valence-electron chi connectivity index (χ3n) is 4.64. The summed E-state index contributed by atoms with van der Waals surface area (Å²) in [6.07, 6.45) is 2.27. The van der Waals surface area contributed by atoms with Gasteiger partial charge >= 0.3 is 12.1 Å². The Morgan fingerprint density at radius 3 is 2.41 bits per heavy atom. The largest absolute Gasteiger partial charge is 0.490 e. The molecule has 0 aliphatic rings. The molecule has 0 bridgehead atoms. The molecule has 0 heterocycles. The standard InChI is InChI=1S/C26H31BrFNO5/c1-7-9-16-32-23-19(24(30)33-18-13-11-10-12-14-18)17(3)21(28)20(27)22(23)29(15-8-2)25(31)34-26(4,5)6/h8,10-14H,2,7,9,15-16H2,1,3-6H3. The number of carbonyl (C=O) groups excluding carboxylic acids is 2. The number of hydrogen-bond donors (Lipinski definition) is 0. The molecular formula is C26H31BrFNO5. The van der Waals surface area contributed by atoms with Crippen LogP contribution >= 0.6 is 15.9 Å². The van der Waals surface area contributed by atoms with E-state index in [1.807, 2.05) is 6.92 Å². The first kappa shape index (κ1) is 27.4. The summed E-state index contributed by atoms with van der Waals surface area (Å²) >= 11 is 3.27. The molecule has 0 saturated heterocycles. The lowest BCUT2D eigenvalue weighted by Gasteiger charge is -2.30. The van der Waals surface area contributed by atoms with Crippen molar-refractivity contribution in [2.24, 2.45) is 0 Å². The Morgan fingerprint density at radius 2 is 1.85 bits per heavy atom. The monoisotopic (exact) mass is 535 g/mol. The molecular weight excluding hydrogens is 505 g/mol. The summed E-state index contributed by atoms with van der Waals surface area (Å²) in [7, 11) is 0. The summed E-state index contributed by atoms with van der Waals surface area (Å²) < 4.78 is 32.4. The minimum Gasteiger partial charge on any atom is -0.490 e. The Morgan fingerprint density at radius 1 is 1.21 bits per heavy atom. The van der Waals surface area contributed by atoms with Gasteiger partial charge in [0.2, 0.25) is 0 Å². The number of ether oxygens (including phenoxy) is 3. The molecule has 0 fully saturated rings. The number of para-hydroxylation sites is 1. The van der Waals surface area contributed by atoms with Crippen molar-refractivity contribution in [3.8, 4) is 11.5 Å². The van der Waals surface area contributed by atoms with Crippen molar-refractivity contribution in [2.75, 3.05) is 18.1 Å². The molecule has 0 aromatic heterocycles. The quantitative estimate of drug-likeness (QED) is 0.147. The first-order valence-electron chi connectivity index (χ1n) is 11.0. The Labute approximate surface area is 208 Å². The van der Waals surface area contributed by atoms with E-state index in [1.54, 1.807) is 51.1 Å². The fourth-order valence-corrected chi connectivity index (χ4v) is 3.75. The van der Waals surface area contributed by atoms with Gasteiger partial charge in [-0.05, 0) is 62.2 Å². The van der Waals surface area contributed by atoms with Gasteiger partial charge in [-0.3, -0.25) is 4.90 Å². The number of amides is 1. The minimum atomic E-state index is -0.801. The summed E-state index contributed by atoms with van der Waals surface area (Å²) in [6.45, 7) is 12.6. The van der Waals surface area contributed by atoms with E-state index in [4.69, 9.17) is 14.2 Å². The summed E-state index contributed by atoms with van der Waals surface area (Å²) in [6, 6.07) is 8.46. The minimum absolute atomic E-state index is 0.00662. The molecule has 8 heteroatoms. The predicted molar refractivity (Wildman–Crippen MR) is 134 cm³/mol. The van der Waals surface area contributed by atoms with Gasteiger partial charge < -0.3 is 14.2 Å². The van der Waals surface area contributed by atoms with Crippen molar-refractivity contribution in [1.82, 2.24) is 0 Å². The third kappa shape index (κ3) is 6.82. The maximum Gasteiger partial charge on any atom is 0.415 e. The van der Waals surface area contributed by atoms with E-state index >= 15 is 4.39 Å². The van der Waals surface area contributed by atoms with Gasteiger partial charge in [-0.15, -0.1) is 6.58 Å². The fourth-order valence-electron chi connectivity index (χ4n) is 3.06. The van der Waals surface area contributed by atoms with Crippen molar-refractivity contribution < 1.29 is 28.2 Å². The molecule has 6 nitrogen and oxygen atoms in total. The van der Waals surface area contributed by atoms with Crippen molar-refractivity contribution in [2.45, 2.75) is 53.1 Å². The van der Waals surface area contributed by atoms with E-state index in [2.05, 4.69) is 22.5 Å². The van der Waals surface area contributed by atoms with Crippen LogP contribution in [-0.2, 0) is 4.74 Å². The van der Waals surface area contributed by atoms with E-state index < -0.39 is 23.5 Å². The van der Waals surface area contributed by atoms with Crippen LogP contribution in [0.15, 0.2) is 47.5 Å². The van der Waals surface area contributed by atoms with Gasteiger partial charge in [-0.2, -0.15) is 0 Å². The van der Waals surface area contributed by atoms with Crippen LogP contribution in [0.5, 0.6) is 11.5 Å². The second-order valence-corrected chi connectivity index (χ2v) is 9.38. The van der Waals surface area contributed by atoms with Crippen LogP contribution in [0.2, 0.25) is 0 Å². The average molecular weight is 536 g/mol. The van der Waals surface area contributed by atoms with Crippen LogP contribution in [0.25, 0.3) is 0 Å². The SMILES string of the molecule is C=CCN(C(=O)OC(C)(C)C)c1c(Br)c(F)c(C)c(C(=O)Oc2ccccc2)c1OCCCC. The van der Waals surface area contributed by atoms with Gasteiger partial charge in [0.05, 0.1) is 11.1 Å². The number of nitrogens with zero attached hydrogens (tertiary/aromatic N) is 1. The number of anilines is 1. The number of unbranched alkanes of at least 4 members (excludes halogenated alkanes) is 1. The molecule has 0 aliphatic heterocycles. The zero-order valence-electron chi connectivity index (χ0n) is 20.2. The van der Waals surface area contributed by atoms with Crippen LogP contribution in [-0.4, -0.2) is 30.8 Å². The van der Waals surface area contributed by atoms with E-state index in [-0.39, 0.29) is 40.2 Å². The Kier molecular flexibility index (Phi) is 9.67. The fraction of sp³-hybridized carbons (Fsp3) is 0.385. The zero-order valence-corrected chi connectivity index (χ0v) is 21.8. The maximum absolute atomic E-state index is 15.4. The van der Waals surface area contributed by atoms with Crippen molar-refractivity contribution >= 4 is 33.7 Å². The molecule has 0 aliphatic carbocycles. The second kappa shape index (κ2) is 12.0. The molecule has 2 rings (SSSR count). The second-order valence-electron chi connectivity index (χ2n) is 8.59. The van der Waals surface area contributed by atoms with Crippen molar-refractivity contribution in [3.05, 3.63) is 64.4 Å². The summed E-state index contributed by atoms with van der Waals surface area (Å²) in [5.74, 6) is -1.18. The van der Waals surface area contributed by atoms with Crippen LogP contribution in [0.4, 0.5) is 14.9 Å². The van der Waals surface area contributed by atoms with Gasteiger partial charge in [0, 0.05) is 12.1 Å². The number of carbonyl (C=O) groups is 2. The van der Waals surface area contributed by atoms with Crippen LogP contribution in [0, 0.1) is 12.7 Å². The maximum atomic E-state index is 15.4. The van der Waals surface area contributed by atoms with Crippen molar-refractivity contribution in [3.63, 3.8) is 0 Å². The lowest BCUT2D eigenvalue weighted by atomic mass is 10.0. The van der Waals surface area contributed by atoms with Crippen LogP contribution in [0.1, 0.15) is 56.5 Å². The highest BCUT2D eigenvalue weighted by Gasteiger charge is 2.34. The van der Waals surface area contributed by atoms with E-state index in [0.29, 0.717) is 12.2 Å². The zero-order chi connectivity index (χ0) is 25.5. The Bertz CT molecular complexity index is 1030. The average Bonchev–Trinajstić information content (AvgIpc) is 2.76.